The van der Waals surface area contributed by atoms with Gasteiger partial charge in [-0.25, -0.2) is 0 Å². The van der Waals surface area contributed by atoms with Crippen molar-refractivity contribution in [3.8, 4) is 0 Å². The molecule has 3 rings (SSSR count). The molecule has 0 saturated heterocycles. The van der Waals surface area contributed by atoms with Crippen molar-refractivity contribution in [1.29, 1.82) is 0 Å². The summed E-state index contributed by atoms with van der Waals surface area (Å²) >= 11 is 1.98. The van der Waals surface area contributed by atoms with Crippen LogP contribution in [0, 0.1) is 0 Å². The van der Waals surface area contributed by atoms with Crippen LogP contribution in [0.25, 0.3) is 0 Å². The van der Waals surface area contributed by atoms with Gasteiger partial charge in [0.05, 0.1) is 39.5 Å². The molecule has 0 aromatic heterocycles. The first kappa shape index (κ1) is 30.5. The third-order valence-electron chi connectivity index (χ3n) is 5.09. The van der Waals surface area contributed by atoms with E-state index in [2.05, 4.69) is 134 Å². The molecule has 3 nitrogen and oxygen atoms in total. The first-order valence-electron chi connectivity index (χ1n) is 11.3. The minimum atomic E-state index is -10.7. The quantitative estimate of drug-likeness (QED) is 0.0600. The second-order valence-corrected chi connectivity index (χ2v) is 11.9. The van der Waals surface area contributed by atoms with Crippen LogP contribution in [0.5, 0.6) is 0 Å². The van der Waals surface area contributed by atoms with Crippen LogP contribution in [0.15, 0.2) is 91.0 Å². The van der Waals surface area contributed by atoms with Crippen molar-refractivity contribution in [2.45, 2.75) is 4.75 Å². The third kappa shape index (κ3) is 10.7. The Hall–Kier alpha value is -2.71. The molecule has 0 saturated carbocycles. The summed E-state index contributed by atoms with van der Waals surface area (Å²) in [6.07, 6.45) is 0. The van der Waals surface area contributed by atoms with Crippen LogP contribution in [0.4, 0.5) is 25.2 Å². The van der Waals surface area contributed by atoms with E-state index in [9.17, 15) is 25.2 Å². The topological polar surface area (TPSA) is 18.3 Å². The number of benzene rings is 3. The van der Waals surface area contributed by atoms with Gasteiger partial charge >= 0.3 is 38.9 Å². The molecule has 1 N–H and O–H groups in total. The molecule has 0 unspecified atom stereocenters. The van der Waals surface area contributed by atoms with E-state index in [1.54, 1.807) is 0 Å². The monoisotopic (exact) mass is 563 g/mol. The Balaban J connectivity index is 0.000000604. The number of nitrogens with zero attached hydrogens (tertiary/aromatic N) is 2. The first-order valence-corrected chi connectivity index (χ1v) is 14.3. The van der Waals surface area contributed by atoms with Gasteiger partial charge in [0, 0.05) is 5.75 Å². The summed E-state index contributed by atoms with van der Waals surface area (Å²) in [5.74, 6) is 2.07. The second kappa shape index (κ2) is 11.4. The molecule has 0 fully saturated rings. The fourth-order valence-electron chi connectivity index (χ4n) is 3.85. The zero-order chi connectivity index (χ0) is 27.8. The van der Waals surface area contributed by atoms with E-state index in [0.29, 0.717) is 0 Å². The van der Waals surface area contributed by atoms with Gasteiger partial charge in [-0.1, -0.05) is 91.0 Å². The molecule has 0 bridgehead atoms. The first-order chi connectivity index (χ1) is 17.0. The number of thioether (sulfide) groups is 1. The molecule has 0 spiro atoms. The van der Waals surface area contributed by atoms with E-state index in [0.717, 1.165) is 18.3 Å². The third-order valence-corrected chi connectivity index (χ3v) is 6.64. The number of halogens is 6. The molecule has 204 valence electrons. The Morgan fingerprint density at radius 3 is 1.32 bits per heavy atom. The normalized spacial score (nSPS) is 13.4. The molecule has 3 aromatic rings. The molecule has 11 heteroatoms. The van der Waals surface area contributed by atoms with Crippen molar-refractivity contribution < 1.29 is 29.8 Å². The van der Waals surface area contributed by atoms with Crippen molar-refractivity contribution in [3.63, 3.8) is 0 Å². The molecule has 0 aliphatic rings. The predicted octanol–water partition coefficient (Wildman–Crippen LogP) is 7.87. The Bertz CT molecular complexity index is 1050. The summed E-state index contributed by atoms with van der Waals surface area (Å²) in [5, 5.41) is 3.59. The van der Waals surface area contributed by atoms with Gasteiger partial charge in [-0.05, 0) is 16.7 Å². The van der Waals surface area contributed by atoms with Crippen molar-refractivity contribution in [2.24, 2.45) is 0 Å². The summed E-state index contributed by atoms with van der Waals surface area (Å²) in [6, 6.07) is 32.6. The van der Waals surface area contributed by atoms with Gasteiger partial charge in [0.1, 0.15) is 0 Å². The zero-order valence-electron chi connectivity index (χ0n) is 21.1. The molecular formula is C26H32F6N3PS. The van der Waals surface area contributed by atoms with Crippen LogP contribution >= 0.6 is 19.6 Å². The van der Waals surface area contributed by atoms with Crippen LogP contribution in [0.1, 0.15) is 16.7 Å². The van der Waals surface area contributed by atoms with Crippen molar-refractivity contribution in [3.05, 3.63) is 108 Å². The van der Waals surface area contributed by atoms with Gasteiger partial charge in [-0.3, -0.25) is 14.8 Å². The van der Waals surface area contributed by atoms with E-state index in [-0.39, 0.29) is 4.75 Å². The van der Waals surface area contributed by atoms with Crippen molar-refractivity contribution in [1.82, 2.24) is 10.2 Å². The molecule has 3 aromatic carbocycles. The maximum atomic E-state index is 9.87. The Morgan fingerprint density at radius 1 is 0.730 bits per heavy atom. The van der Waals surface area contributed by atoms with Gasteiger partial charge in [0.2, 0.25) is 0 Å². The number of guanidine groups is 1. The summed E-state index contributed by atoms with van der Waals surface area (Å²) < 4.78 is 61.0. The molecule has 0 amide bonds. The fourth-order valence-corrected chi connectivity index (χ4v) is 5.27. The fraction of sp³-hybridized carbons (Fsp3) is 0.269. The summed E-state index contributed by atoms with van der Waals surface area (Å²) in [5.41, 5.74) is 3.91. The predicted molar refractivity (Wildman–Crippen MR) is 144 cm³/mol. The molecule has 0 radical (unpaired) electrons. The Morgan fingerprint density at radius 2 is 1.05 bits per heavy atom. The number of rotatable bonds is 7. The minimum absolute atomic E-state index is 0.262. The zero-order valence-corrected chi connectivity index (χ0v) is 22.8. The number of nitrogens with one attached hydrogen (secondary N) is 1. The second-order valence-electron chi connectivity index (χ2n) is 8.63. The van der Waals surface area contributed by atoms with E-state index in [4.69, 9.17) is 0 Å². The van der Waals surface area contributed by atoms with E-state index >= 15 is 0 Å². The van der Waals surface area contributed by atoms with E-state index in [1.165, 1.54) is 16.7 Å². The standard InChI is InChI=1S/C26H31N3S.F6P/c1-28(2)25(29(3)4)27-20-21-30-26(22-14-8-5-9-15-22,23-16-10-6-11-17-23)24-18-12-7-13-19-24;1-7(2,3,4,5)6/h5-19H,20-21H2,1-4H3;/q;-1/p+1. The van der Waals surface area contributed by atoms with Crippen LogP contribution in [-0.2, 0) is 4.75 Å². The summed E-state index contributed by atoms with van der Waals surface area (Å²) in [6.45, 7) is 0.880. The van der Waals surface area contributed by atoms with Gasteiger partial charge in [-0.2, -0.15) is 0 Å². The van der Waals surface area contributed by atoms with Crippen molar-refractivity contribution in [2.75, 3.05) is 40.5 Å². The van der Waals surface area contributed by atoms with Gasteiger partial charge in [0.15, 0.2) is 0 Å². The molecule has 0 aliphatic carbocycles. The van der Waals surface area contributed by atoms with Crippen LogP contribution in [0.2, 0.25) is 0 Å². The van der Waals surface area contributed by atoms with Gasteiger partial charge in [0.25, 0.3) is 0 Å². The summed E-state index contributed by atoms with van der Waals surface area (Å²) in [4.78, 5) is 2.11. The van der Waals surface area contributed by atoms with Crippen LogP contribution in [0.3, 0.4) is 0 Å². The average Bonchev–Trinajstić information content (AvgIpc) is 2.81. The molecule has 0 heterocycles. The number of hydrogen-bond donors (Lipinski definition) is 1. The van der Waals surface area contributed by atoms with Crippen LogP contribution in [-0.4, -0.2) is 55.9 Å². The molecular weight excluding hydrogens is 531 g/mol. The van der Waals surface area contributed by atoms with Gasteiger partial charge < -0.3 is 0 Å². The van der Waals surface area contributed by atoms with E-state index in [1.807, 2.05) is 11.8 Å². The average molecular weight is 564 g/mol. The van der Waals surface area contributed by atoms with Crippen molar-refractivity contribution >= 4 is 25.5 Å². The molecule has 37 heavy (non-hydrogen) atoms. The van der Waals surface area contributed by atoms with E-state index < -0.39 is 7.81 Å². The molecule has 0 aliphatic heterocycles. The number of hydrogen-bond acceptors (Lipinski definition) is 1. The van der Waals surface area contributed by atoms with Gasteiger partial charge in [-0.15, -0.1) is 11.8 Å². The Labute approximate surface area is 218 Å². The van der Waals surface area contributed by atoms with Crippen LogP contribution < -0.4 is 5.32 Å². The SMILES string of the molecule is CN(C)C(NCCSC(c1ccccc1)(c1ccccc1)c1ccccc1)=[N+](C)C.F[P-](F)(F)(F)(F)F. The summed E-state index contributed by atoms with van der Waals surface area (Å²) in [7, 11) is -2.39. The maximum absolute atomic E-state index is 10.7. The Kier molecular flexibility index (Phi) is 9.36. The molecule has 0 atom stereocenters.